The van der Waals surface area contributed by atoms with Crippen LogP contribution in [0.2, 0.25) is 0 Å². The minimum Gasteiger partial charge on any atom is -0.475 e. The Morgan fingerprint density at radius 1 is 1.32 bits per heavy atom. The van der Waals surface area contributed by atoms with Crippen LogP contribution in [0.15, 0.2) is 12.3 Å². The molecule has 3 fully saturated rings. The lowest BCUT2D eigenvalue weighted by atomic mass is 9.92. The van der Waals surface area contributed by atoms with Gasteiger partial charge in [-0.25, -0.2) is 9.78 Å². The molecule has 28 heavy (non-hydrogen) atoms. The average molecular weight is 510 g/mol. The lowest BCUT2D eigenvalue weighted by Gasteiger charge is -2.38. The first-order valence-corrected chi connectivity index (χ1v) is 10.3. The molecule has 2 heterocycles. The predicted molar refractivity (Wildman–Crippen MR) is 103 cm³/mol. The SMILES string of the molecule is CC(C)(C)OC(=O)N1CC2[C@@H]3C[C@]23C[C@H]1COc1cc(I)c(C(F)(F)F)cn1. The maximum absolute atomic E-state index is 12.9. The second kappa shape index (κ2) is 6.37. The number of halogens is 4. The van der Waals surface area contributed by atoms with Crippen molar-refractivity contribution in [3.8, 4) is 5.88 Å². The maximum atomic E-state index is 12.9. The molecule has 1 aromatic rings. The fraction of sp³-hybridized carbons (Fsp3) is 0.684. The summed E-state index contributed by atoms with van der Waals surface area (Å²) in [5.41, 5.74) is -1.02. The van der Waals surface area contributed by atoms with Gasteiger partial charge in [-0.05, 0) is 73.5 Å². The summed E-state index contributed by atoms with van der Waals surface area (Å²) < 4.78 is 49.9. The van der Waals surface area contributed by atoms with Gasteiger partial charge in [-0.1, -0.05) is 0 Å². The van der Waals surface area contributed by atoms with Gasteiger partial charge < -0.3 is 14.4 Å². The van der Waals surface area contributed by atoms with Gasteiger partial charge in [0, 0.05) is 22.4 Å². The van der Waals surface area contributed by atoms with E-state index in [0.717, 1.165) is 12.6 Å². The second-order valence-electron chi connectivity index (χ2n) is 8.95. The zero-order chi connectivity index (χ0) is 20.5. The summed E-state index contributed by atoms with van der Waals surface area (Å²) in [5, 5.41) is 0. The number of hydrogen-bond donors (Lipinski definition) is 0. The first kappa shape index (κ1) is 20.0. The van der Waals surface area contributed by atoms with Crippen LogP contribution in [0.4, 0.5) is 18.0 Å². The van der Waals surface area contributed by atoms with Gasteiger partial charge in [0.2, 0.25) is 5.88 Å². The summed E-state index contributed by atoms with van der Waals surface area (Å²) in [4.78, 5) is 18.2. The van der Waals surface area contributed by atoms with Crippen molar-refractivity contribution >= 4 is 28.7 Å². The Morgan fingerprint density at radius 3 is 2.61 bits per heavy atom. The van der Waals surface area contributed by atoms with Crippen LogP contribution in [-0.2, 0) is 10.9 Å². The molecule has 2 saturated carbocycles. The zero-order valence-electron chi connectivity index (χ0n) is 15.8. The van der Waals surface area contributed by atoms with Crippen molar-refractivity contribution in [1.82, 2.24) is 9.88 Å². The van der Waals surface area contributed by atoms with E-state index in [9.17, 15) is 18.0 Å². The van der Waals surface area contributed by atoms with Crippen molar-refractivity contribution in [3.63, 3.8) is 0 Å². The molecule has 1 aromatic heterocycles. The molecule has 1 amide bonds. The summed E-state index contributed by atoms with van der Waals surface area (Å²) in [6, 6.07) is 1.11. The van der Waals surface area contributed by atoms with Crippen molar-refractivity contribution in [2.24, 2.45) is 17.3 Å². The van der Waals surface area contributed by atoms with Crippen molar-refractivity contribution < 1.29 is 27.4 Å². The Labute approximate surface area is 175 Å². The highest BCUT2D eigenvalue weighted by Gasteiger charge is 2.80. The van der Waals surface area contributed by atoms with Crippen LogP contribution in [0.5, 0.6) is 5.88 Å². The van der Waals surface area contributed by atoms with Gasteiger partial charge in [0.25, 0.3) is 0 Å². The van der Waals surface area contributed by atoms with E-state index in [1.54, 1.807) is 27.5 Å². The molecule has 4 rings (SSSR count). The molecule has 1 unspecified atom stereocenters. The molecule has 0 aromatic carbocycles. The molecule has 1 aliphatic heterocycles. The highest BCUT2D eigenvalue weighted by atomic mass is 127. The Balaban J connectivity index is 1.44. The molecule has 3 aliphatic rings. The highest BCUT2D eigenvalue weighted by Crippen LogP contribution is 2.83. The third-order valence-electron chi connectivity index (χ3n) is 5.93. The quantitative estimate of drug-likeness (QED) is 0.552. The second-order valence-corrected chi connectivity index (χ2v) is 10.1. The number of ether oxygens (including phenoxy) is 2. The summed E-state index contributed by atoms with van der Waals surface area (Å²) in [5.74, 6) is 1.39. The van der Waals surface area contributed by atoms with E-state index in [4.69, 9.17) is 9.47 Å². The van der Waals surface area contributed by atoms with E-state index in [2.05, 4.69) is 4.98 Å². The number of carbonyl (C=O) groups excluding carboxylic acids is 1. The molecule has 2 aliphatic carbocycles. The molecule has 5 nitrogen and oxygen atoms in total. The summed E-state index contributed by atoms with van der Waals surface area (Å²) in [6.07, 6.45) is -1.97. The van der Waals surface area contributed by atoms with Crippen LogP contribution in [0.3, 0.4) is 0 Å². The summed E-state index contributed by atoms with van der Waals surface area (Å²) in [6.45, 7) is 6.32. The number of alkyl halides is 3. The van der Waals surface area contributed by atoms with Crippen LogP contribution in [0, 0.1) is 20.8 Å². The predicted octanol–water partition coefficient (Wildman–Crippen LogP) is 4.73. The molecule has 9 heteroatoms. The number of piperidine rings is 1. The number of rotatable bonds is 3. The normalized spacial score (nSPS) is 31.0. The average Bonchev–Trinajstić information content (AvgIpc) is 3.39. The number of nitrogens with zero attached hydrogens (tertiary/aromatic N) is 2. The van der Waals surface area contributed by atoms with Gasteiger partial charge in [0.15, 0.2) is 0 Å². The van der Waals surface area contributed by atoms with Gasteiger partial charge in [0.05, 0.1) is 11.6 Å². The Hall–Kier alpha value is -1.26. The van der Waals surface area contributed by atoms with Gasteiger partial charge in [-0.2, -0.15) is 13.2 Å². The van der Waals surface area contributed by atoms with Gasteiger partial charge in [-0.3, -0.25) is 0 Å². The van der Waals surface area contributed by atoms with Gasteiger partial charge in [-0.15, -0.1) is 0 Å². The summed E-state index contributed by atoms with van der Waals surface area (Å²) in [7, 11) is 0. The van der Waals surface area contributed by atoms with E-state index < -0.39 is 17.3 Å². The maximum Gasteiger partial charge on any atom is 0.418 e. The van der Waals surface area contributed by atoms with Gasteiger partial charge in [0.1, 0.15) is 12.2 Å². The standard InChI is InChI=1S/C19H22F3IN2O3/c1-17(2,3)28-16(26)25-8-13-11-6-18(11,13)5-10(25)9-27-15-4-14(23)12(7-24-15)19(20,21)22/h4,7,10-11,13H,5-6,8-9H2,1-3H3/t10-,11-,13?,18-/m0/s1. The topological polar surface area (TPSA) is 51.7 Å². The zero-order valence-corrected chi connectivity index (χ0v) is 18.0. The molecular weight excluding hydrogens is 488 g/mol. The lowest BCUT2D eigenvalue weighted by molar-refractivity contribution is -0.138. The number of carbonyl (C=O) groups is 1. The minimum atomic E-state index is -4.44. The van der Waals surface area contributed by atoms with E-state index in [1.165, 1.54) is 12.5 Å². The lowest BCUT2D eigenvalue weighted by Crippen LogP contribution is -2.51. The van der Waals surface area contributed by atoms with E-state index in [-0.39, 0.29) is 28.2 Å². The van der Waals surface area contributed by atoms with Crippen LogP contribution in [0.1, 0.15) is 39.2 Å². The molecule has 0 bridgehead atoms. The Bertz CT molecular complexity index is 811. The number of pyridine rings is 1. The molecule has 1 spiro atoms. The third-order valence-corrected chi connectivity index (χ3v) is 6.82. The monoisotopic (exact) mass is 510 g/mol. The summed E-state index contributed by atoms with van der Waals surface area (Å²) >= 11 is 1.63. The van der Waals surface area contributed by atoms with Crippen molar-refractivity contribution in [3.05, 3.63) is 21.4 Å². The van der Waals surface area contributed by atoms with E-state index in [0.29, 0.717) is 23.8 Å². The van der Waals surface area contributed by atoms with Crippen molar-refractivity contribution in [2.75, 3.05) is 13.2 Å². The Morgan fingerprint density at radius 2 is 2.04 bits per heavy atom. The van der Waals surface area contributed by atoms with E-state index in [1.807, 2.05) is 20.8 Å². The third kappa shape index (κ3) is 3.66. The smallest absolute Gasteiger partial charge is 0.418 e. The number of aromatic nitrogens is 1. The van der Waals surface area contributed by atoms with Crippen LogP contribution in [-0.4, -0.2) is 40.8 Å². The molecule has 154 valence electrons. The number of fused-ring (bicyclic) bond motifs is 1. The van der Waals surface area contributed by atoms with Crippen LogP contribution >= 0.6 is 22.6 Å². The molecule has 4 atom stereocenters. The number of likely N-dealkylation sites (tertiary alicyclic amines) is 1. The number of hydrogen-bond acceptors (Lipinski definition) is 4. The fourth-order valence-electron chi connectivity index (χ4n) is 4.33. The van der Waals surface area contributed by atoms with Crippen molar-refractivity contribution in [2.45, 2.75) is 51.4 Å². The highest BCUT2D eigenvalue weighted by molar-refractivity contribution is 14.1. The van der Waals surface area contributed by atoms with Crippen LogP contribution in [0.25, 0.3) is 0 Å². The fourth-order valence-corrected chi connectivity index (χ4v) is 5.05. The molecule has 0 radical (unpaired) electrons. The largest absolute Gasteiger partial charge is 0.475 e. The molecule has 0 N–H and O–H groups in total. The first-order valence-electron chi connectivity index (χ1n) is 9.26. The van der Waals surface area contributed by atoms with Crippen LogP contribution < -0.4 is 4.74 Å². The number of amides is 1. The molecular formula is C19H22F3IN2O3. The Kier molecular flexibility index (Phi) is 4.56. The first-order chi connectivity index (χ1) is 12.9. The minimum absolute atomic E-state index is 0.0332. The van der Waals surface area contributed by atoms with E-state index >= 15 is 0 Å². The van der Waals surface area contributed by atoms with Gasteiger partial charge >= 0.3 is 12.3 Å². The van der Waals surface area contributed by atoms with Crippen molar-refractivity contribution in [1.29, 1.82) is 0 Å². The molecule has 1 saturated heterocycles.